The Morgan fingerprint density at radius 2 is 1.53 bits per heavy atom. The zero-order chi connectivity index (χ0) is 31.2. The van der Waals surface area contributed by atoms with E-state index in [9.17, 15) is 45.6 Å². The Hall–Kier alpha value is -3.25. The molecule has 6 unspecified atom stereocenters. The summed E-state index contributed by atoms with van der Waals surface area (Å²) in [6.07, 6.45) is -15.9. The Labute approximate surface area is 245 Å². The van der Waals surface area contributed by atoms with Crippen molar-refractivity contribution in [2.45, 2.75) is 80.9 Å². The summed E-state index contributed by atoms with van der Waals surface area (Å²) in [5.74, 6) is -0.999. The van der Waals surface area contributed by atoms with Gasteiger partial charge in [-0.3, -0.25) is 4.79 Å². The maximum absolute atomic E-state index is 12.9. The van der Waals surface area contributed by atoms with E-state index < -0.39 is 85.7 Å². The Morgan fingerprint density at radius 1 is 0.837 bits per heavy atom. The van der Waals surface area contributed by atoms with E-state index in [0.29, 0.717) is 5.56 Å². The van der Waals surface area contributed by atoms with Crippen LogP contribution < -0.4 is 14.2 Å². The smallest absolute Gasteiger partial charge is 0.229 e. The lowest BCUT2D eigenvalue weighted by Gasteiger charge is -2.42. The first-order valence-electron chi connectivity index (χ1n) is 13.5. The number of aromatic hydroxyl groups is 2. The highest BCUT2D eigenvalue weighted by Gasteiger charge is 2.47. The van der Waals surface area contributed by atoms with Crippen molar-refractivity contribution >= 4 is 5.78 Å². The molecule has 15 heteroatoms. The van der Waals surface area contributed by atoms with Gasteiger partial charge in [0.25, 0.3) is 0 Å². The van der Waals surface area contributed by atoms with Gasteiger partial charge in [0.15, 0.2) is 23.6 Å². The largest absolute Gasteiger partial charge is 0.507 e. The lowest BCUT2D eigenvalue weighted by atomic mass is 9.95. The summed E-state index contributed by atoms with van der Waals surface area (Å²) in [5, 5.41) is 82.2. The van der Waals surface area contributed by atoms with Crippen LogP contribution >= 0.6 is 0 Å². The van der Waals surface area contributed by atoms with Crippen molar-refractivity contribution in [3.63, 3.8) is 0 Å². The monoisotopic (exact) mass is 610 g/mol. The summed E-state index contributed by atoms with van der Waals surface area (Å²) < 4.78 is 33.1. The van der Waals surface area contributed by atoms with Gasteiger partial charge in [-0.05, 0) is 24.6 Å². The van der Waals surface area contributed by atoms with E-state index in [-0.39, 0.29) is 35.0 Å². The molecule has 0 aliphatic carbocycles. The highest BCUT2D eigenvalue weighted by atomic mass is 16.7. The Morgan fingerprint density at radius 3 is 2.23 bits per heavy atom. The number of ether oxygens (including phenoxy) is 6. The molecule has 0 bridgehead atoms. The zero-order valence-electron chi connectivity index (χ0n) is 23.1. The molecule has 3 heterocycles. The SMILES string of the molecule is COc1ccc(C2CC(=O)c3c(O)cc(OC4OC(COC5O[C@@H](C)C(O)[C@@H](O)[C@H]5O)[C@@H](O)C(O)[C@H]4O)cc3O2)cc1O. The third-order valence-electron chi connectivity index (χ3n) is 7.70. The number of aliphatic hydroxyl groups excluding tert-OH is 6. The molecule has 0 radical (unpaired) electrons. The summed E-state index contributed by atoms with van der Waals surface area (Å²) in [7, 11) is 1.39. The van der Waals surface area contributed by atoms with E-state index in [1.165, 1.54) is 32.2 Å². The highest BCUT2D eigenvalue weighted by molar-refractivity contribution is 6.02. The van der Waals surface area contributed by atoms with Gasteiger partial charge in [0, 0.05) is 12.1 Å². The molecule has 43 heavy (non-hydrogen) atoms. The summed E-state index contributed by atoms with van der Waals surface area (Å²) in [6.45, 7) is 0.964. The fraction of sp³-hybridized carbons (Fsp3) is 0.536. The summed E-state index contributed by atoms with van der Waals surface area (Å²) in [5.41, 5.74) is 0.373. The van der Waals surface area contributed by atoms with Crippen LogP contribution in [-0.2, 0) is 14.2 Å². The number of phenols is 2. The minimum absolute atomic E-state index is 0.0457. The first-order valence-corrected chi connectivity index (χ1v) is 13.5. The second-order valence-electron chi connectivity index (χ2n) is 10.6. The van der Waals surface area contributed by atoms with E-state index in [0.717, 1.165) is 6.07 Å². The summed E-state index contributed by atoms with van der Waals surface area (Å²) in [6, 6.07) is 6.90. The maximum atomic E-state index is 12.9. The predicted molar refractivity (Wildman–Crippen MR) is 141 cm³/mol. The molecule has 0 aromatic heterocycles. The molecule has 15 nitrogen and oxygen atoms in total. The van der Waals surface area contributed by atoms with Crippen LogP contribution in [0, 0.1) is 0 Å². The molecule has 3 aliphatic rings. The van der Waals surface area contributed by atoms with E-state index in [1.807, 2.05) is 0 Å². The third-order valence-corrected chi connectivity index (χ3v) is 7.70. The molecule has 2 aromatic carbocycles. The van der Waals surface area contributed by atoms with E-state index in [1.54, 1.807) is 6.07 Å². The molecule has 3 aliphatic heterocycles. The highest BCUT2D eigenvalue weighted by Crippen LogP contribution is 2.43. The van der Waals surface area contributed by atoms with E-state index in [4.69, 9.17) is 28.4 Å². The molecule has 2 fully saturated rings. The van der Waals surface area contributed by atoms with Crippen molar-refractivity contribution < 1.29 is 74.1 Å². The van der Waals surface area contributed by atoms with Crippen molar-refractivity contribution in [3.8, 4) is 28.7 Å². The second kappa shape index (κ2) is 12.4. The van der Waals surface area contributed by atoms with Crippen molar-refractivity contribution in [2.24, 2.45) is 0 Å². The van der Waals surface area contributed by atoms with Crippen LogP contribution in [-0.4, -0.2) is 122 Å². The van der Waals surface area contributed by atoms with Crippen LogP contribution in [0.5, 0.6) is 28.7 Å². The number of Topliss-reactive ketones (excluding diaryl/α,β-unsaturated/α-hetero) is 1. The summed E-state index contributed by atoms with van der Waals surface area (Å²) in [4.78, 5) is 12.9. The minimum atomic E-state index is -1.77. The molecule has 0 amide bonds. The van der Waals surface area contributed by atoms with Gasteiger partial charge < -0.3 is 69.3 Å². The molecule has 2 aromatic rings. The molecule has 0 spiro atoms. The topological polar surface area (TPSA) is 234 Å². The number of ketones is 1. The van der Waals surface area contributed by atoms with Crippen LogP contribution in [0.25, 0.3) is 0 Å². The van der Waals surface area contributed by atoms with Crippen LogP contribution in [0.1, 0.15) is 35.4 Å². The predicted octanol–water partition coefficient (Wildman–Crippen LogP) is -1.16. The molecular weight excluding hydrogens is 576 g/mol. The number of fused-ring (bicyclic) bond motifs is 1. The standard InChI is InChI=1S/C28H34O15/c1-10-21(32)23(34)25(36)27(40-10)39-9-19-22(33)24(35)26(37)28(43-19)41-12-6-14(30)20-15(31)8-17(42-18(20)7-12)11-3-4-16(38-2)13(29)5-11/h3-7,10,17,19,21-30,32-37H,8-9H2,1-2H3/t10-,17?,19?,21?,22+,23+,24?,25+,26+,27?,28?/m0/s1. The van der Waals surface area contributed by atoms with Gasteiger partial charge in [0.2, 0.25) is 6.29 Å². The third kappa shape index (κ3) is 6.08. The molecule has 5 rings (SSSR count). The molecule has 236 valence electrons. The average molecular weight is 611 g/mol. The number of hydrogen-bond donors (Lipinski definition) is 8. The molecule has 2 saturated heterocycles. The van der Waals surface area contributed by atoms with Crippen molar-refractivity contribution in [1.82, 2.24) is 0 Å². The van der Waals surface area contributed by atoms with E-state index >= 15 is 0 Å². The van der Waals surface area contributed by atoms with Gasteiger partial charge in [-0.2, -0.15) is 0 Å². The van der Waals surface area contributed by atoms with Crippen LogP contribution in [0.4, 0.5) is 0 Å². The van der Waals surface area contributed by atoms with Gasteiger partial charge in [0.1, 0.15) is 71.6 Å². The van der Waals surface area contributed by atoms with Gasteiger partial charge in [-0.1, -0.05) is 6.07 Å². The fourth-order valence-corrected chi connectivity index (χ4v) is 5.20. The fourth-order valence-electron chi connectivity index (χ4n) is 5.20. The maximum Gasteiger partial charge on any atom is 0.229 e. The zero-order valence-corrected chi connectivity index (χ0v) is 23.1. The number of methoxy groups -OCH3 is 1. The van der Waals surface area contributed by atoms with Crippen molar-refractivity contribution in [3.05, 3.63) is 41.5 Å². The van der Waals surface area contributed by atoms with Gasteiger partial charge >= 0.3 is 0 Å². The number of benzene rings is 2. The number of carbonyl (C=O) groups is 1. The Bertz CT molecular complexity index is 1320. The van der Waals surface area contributed by atoms with Crippen LogP contribution in [0.3, 0.4) is 0 Å². The number of phenolic OH excluding ortho intramolecular Hbond substituents is 2. The lowest BCUT2D eigenvalue weighted by molar-refractivity contribution is -0.318. The van der Waals surface area contributed by atoms with Gasteiger partial charge in [0.05, 0.1) is 26.2 Å². The first-order chi connectivity index (χ1) is 20.4. The van der Waals surface area contributed by atoms with Crippen molar-refractivity contribution in [2.75, 3.05) is 13.7 Å². The molecule has 8 N–H and O–H groups in total. The number of rotatable bonds is 7. The molecular formula is C28H34O15. The van der Waals surface area contributed by atoms with Crippen LogP contribution in [0.2, 0.25) is 0 Å². The van der Waals surface area contributed by atoms with Crippen LogP contribution in [0.15, 0.2) is 30.3 Å². The van der Waals surface area contributed by atoms with Gasteiger partial charge in [-0.25, -0.2) is 0 Å². The summed E-state index contributed by atoms with van der Waals surface area (Å²) >= 11 is 0. The molecule has 11 atom stereocenters. The Kier molecular flexibility index (Phi) is 8.99. The second-order valence-corrected chi connectivity index (χ2v) is 10.6. The Balaban J connectivity index is 1.30. The van der Waals surface area contributed by atoms with Crippen molar-refractivity contribution in [1.29, 1.82) is 0 Å². The lowest BCUT2D eigenvalue weighted by Crippen LogP contribution is -2.61. The molecule has 0 saturated carbocycles. The quantitative estimate of drug-likeness (QED) is 0.185. The van der Waals surface area contributed by atoms with E-state index in [2.05, 4.69) is 0 Å². The number of aliphatic hydroxyl groups is 6. The normalized spacial score (nSPS) is 36.0. The average Bonchev–Trinajstić information content (AvgIpc) is 2.97. The number of hydrogen-bond acceptors (Lipinski definition) is 15. The first kappa shape index (κ1) is 31.2. The van der Waals surface area contributed by atoms with Gasteiger partial charge in [-0.15, -0.1) is 0 Å². The minimum Gasteiger partial charge on any atom is -0.507 e. The number of carbonyl (C=O) groups excluding carboxylic acids is 1.